The molecule has 0 aliphatic carbocycles. The van der Waals surface area contributed by atoms with Crippen LogP contribution in [-0.2, 0) is 27.4 Å². The number of hydrogen-bond donors (Lipinski definition) is 0. The summed E-state index contributed by atoms with van der Waals surface area (Å²) in [7, 11) is 0. The van der Waals surface area contributed by atoms with E-state index in [1.807, 2.05) is 42.5 Å². The molecule has 2 aromatic rings. The summed E-state index contributed by atoms with van der Waals surface area (Å²) in [5.74, 6) is -1.46. The molecule has 0 aliphatic rings. The molecule has 0 radical (unpaired) electrons. The summed E-state index contributed by atoms with van der Waals surface area (Å²) in [6.07, 6.45) is 1.53. The number of esters is 1. The second-order valence-electron chi connectivity index (χ2n) is 5.81. The van der Waals surface area contributed by atoms with Crippen LogP contribution in [0.2, 0.25) is 0 Å². The smallest absolute Gasteiger partial charge is 0.374 e. The van der Waals surface area contributed by atoms with Crippen LogP contribution in [0.4, 0.5) is 0 Å². The third-order valence-electron chi connectivity index (χ3n) is 3.93. The molecule has 4 heteroatoms. The molecule has 0 aromatic heterocycles. The van der Waals surface area contributed by atoms with Crippen molar-refractivity contribution < 1.29 is 19.1 Å². The Bertz CT molecular complexity index is 717. The van der Waals surface area contributed by atoms with Crippen LogP contribution in [-0.4, -0.2) is 17.5 Å². The Balaban J connectivity index is 1.71. The Kier molecular flexibility index (Phi) is 7.08. The number of ketones is 2. The zero-order valence-corrected chi connectivity index (χ0v) is 14.4. The van der Waals surface area contributed by atoms with Gasteiger partial charge in [0.25, 0.3) is 0 Å². The van der Waals surface area contributed by atoms with Crippen LogP contribution < -0.4 is 0 Å². The van der Waals surface area contributed by atoms with Crippen LogP contribution in [0, 0.1) is 0 Å². The topological polar surface area (TPSA) is 60.4 Å². The number of carbonyl (C=O) groups excluding carboxylic acids is 3. The first-order chi connectivity index (χ1) is 12.1. The normalized spacial score (nSPS) is 10.3. The van der Waals surface area contributed by atoms with Crippen molar-refractivity contribution >= 4 is 17.5 Å². The molecule has 0 spiro atoms. The number of aryl methyl sites for hydroxylation is 1. The van der Waals surface area contributed by atoms with Crippen molar-refractivity contribution in [2.24, 2.45) is 0 Å². The second-order valence-corrected chi connectivity index (χ2v) is 5.81. The van der Waals surface area contributed by atoms with Crippen LogP contribution in [0.3, 0.4) is 0 Å². The molecule has 130 valence electrons. The van der Waals surface area contributed by atoms with E-state index in [1.54, 1.807) is 12.1 Å². The highest BCUT2D eigenvalue weighted by Crippen LogP contribution is 2.10. The molecule has 0 saturated heterocycles. The van der Waals surface area contributed by atoms with Gasteiger partial charge in [-0.05, 0) is 24.0 Å². The third kappa shape index (κ3) is 5.99. The molecule has 4 nitrogen and oxygen atoms in total. The minimum Gasteiger partial charge on any atom is -0.455 e. The van der Waals surface area contributed by atoms with Gasteiger partial charge in [0.2, 0.25) is 5.78 Å². The van der Waals surface area contributed by atoms with Gasteiger partial charge in [0, 0.05) is 18.4 Å². The molecule has 0 heterocycles. The number of benzene rings is 2. The second kappa shape index (κ2) is 9.52. The Morgan fingerprint density at radius 1 is 0.840 bits per heavy atom. The summed E-state index contributed by atoms with van der Waals surface area (Å²) >= 11 is 0. The van der Waals surface area contributed by atoms with Crippen LogP contribution >= 0.6 is 0 Å². The van der Waals surface area contributed by atoms with Gasteiger partial charge in [-0.25, -0.2) is 4.79 Å². The molecule has 0 bridgehead atoms. The predicted octanol–water partition coefficient (Wildman–Crippen LogP) is 3.91. The first-order valence-electron chi connectivity index (χ1n) is 8.46. The maximum atomic E-state index is 12.1. The number of rotatable bonds is 9. The molecule has 0 aliphatic heterocycles. The molecule has 25 heavy (non-hydrogen) atoms. The van der Waals surface area contributed by atoms with Gasteiger partial charge in [-0.15, -0.1) is 0 Å². The molecule has 0 N–H and O–H groups in total. The lowest BCUT2D eigenvalue weighted by molar-refractivity contribution is -0.154. The maximum Gasteiger partial charge on any atom is 0.374 e. The molecule has 0 unspecified atom stereocenters. The molecular weight excluding hydrogens is 316 g/mol. The quantitative estimate of drug-likeness (QED) is 0.395. The van der Waals surface area contributed by atoms with E-state index >= 15 is 0 Å². The van der Waals surface area contributed by atoms with Crippen molar-refractivity contribution in [3.63, 3.8) is 0 Å². The van der Waals surface area contributed by atoms with Crippen molar-refractivity contribution in [2.75, 3.05) is 0 Å². The van der Waals surface area contributed by atoms with Crippen LogP contribution in [0.15, 0.2) is 54.6 Å². The van der Waals surface area contributed by atoms with Crippen molar-refractivity contribution in [1.82, 2.24) is 0 Å². The van der Waals surface area contributed by atoms with Crippen LogP contribution in [0.1, 0.15) is 47.7 Å². The standard InChI is InChI=1S/C21H22O4/c1-2-16-11-13-18(14-12-16)19(22)9-6-10-20(23)21(24)25-15-17-7-4-3-5-8-17/h3-5,7-8,11-14H,2,6,9-10,15H2,1H3. The molecular formula is C21H22O4. The van der Waals surface area contributed by atoms with Gasteiger partial charge in [0.15, 0.2) is 5.78 Å². The van der Waals surface area contributed by atoms with Gasteiger partial charge in [-0.1, -0.05) is 61.5 Å². The molecule has 2 rings (SSSR count). The lowest BCUT2D eigenvalue weighted by Gasteiger charge is -2.05. The van der Waals surface area contributed by atoms with Gasteiger partial charge in [0.05, 0.1) is 0 Å². The van der Waals surface area contributed by atoms with Crippen LogP contribution in [0.5, 0.6) is 0 Å². The molecule has 2 aromatic carbocycles. The van der Waals surface area contributed by atoms with Crippen molar-refractivity contribution in [3.05, 3.63) is 71.3 Å². The van der Waals surface area contributed by atoms with Crippen molar-refractivity contribution in [2.45, 2.75) is 39.2 Å². The molecule has 0 atom stereocenters. The lowest BCUT2D eigenvalue weighted by Crippen LogP contribution is -2.17. The van der Waals surface area contributed by atoms with Crippen molar-refractivity contribution in [1.29, 1.82) is 0 Å². The van der Waals surface area contributed by atoms with Gasteiger partial charge in [-0.2, -0.15) is 0 Å². The summed E-state index contributed by atoms with van der Waals surface area (Å²) in [5, 5.41) is 0. The van der Waals surface area contributed by atoms with Crippen LogP contribution in [0.25, 0.3) is 0 Å². The SMILES string of the molecule is CCc1ccc(C(=O)CCCC(=O)C(=O)OCc2ccccc2)cc1. The Hall–Kier alpha value is -2.75. The Morgan fingerprint density at radius 3 is 2.16 bits per heavy atom. The summed E-state index contributed by atoms with van der Waals surface area (Å²) in [6, 6.07) is 16.6. The minimum atomic E-state index is -0.844. The van der Waals surface area contributed by atoms with E-state index in [-0.39, 0.29) is 25.2 Å². The highest BCUT2D eigenvalue weighted by atomic mass is 16.5. The summed E-state index contributed by atoms with van der Waals surface area (Å²) < 4.78 is 4.98. The van der Waals surface area contributed by atoms with E-state index in [9.17, 15) is 14.4 Å². The third-order valence-corrected chi connectivity index (χ3v) is 3.93. The fourth-order valence-electron chi connectivity index (χ4n) is 2.39. The average molecular weight is 338 g/mol. The molecule has 0 fully saturated rings. The fourth-order valence-corrected chi connectivity index (χ4v) is 2.39. The number of hydrogen-bond acceptors (Lipinski definition) is 4. The monoisotopic (exact) mass is 338 g/mol. The lowest BCUT2D eigenvalue weighted by atomic mass is 10.0. The summed E-state index contributed by atoms with van der Waals surface area (Å²) in [5.41, 5.74) is 2.64. The predicted molar refractivity (Wildman–Crippen MR) is 95.2 cm³/mol. The minimum absolute atomic E-state index is 0.0202. The van der Waals surface area contributed by atoms with E-state index in [2.05, 4.69) is 6.92 Å². The number of ether oxygens (including phenoxy) is 1. The zero-order chi connectivity index (χ0) is 18.1. The maximum absolute atomic E-state index is 12.1. The van der Waals surface area contributed by atoms with Gasteiger partial charge >= 0.3 is 5.97 Å². The van der Waals surface area contributed by atoms with E-state index in [1.165, 1.54) is 5.56 Å². The highest BCUT2D eigenvalue weighted by molar-refractivity contribution is 6.33. The van der Waals surface area contributed by atoms with E-state index in [0.29, 0.717) is 12.0 Å². The van der Waals surface area contributed by atoms with E-state index in [0.717, 1.165) is 12.0 Å². The van der Waals surface area contributed by atoms with E-state index in [4.69, 9.17) is 4.74 Å². The largest absolute Gasteiger partial charge is 0.455 e. The van der Waals surface area contributed by atoms with Gasteiger partial charge in [0.1, 0.15) is 6.61 Å². The average Bonchev–Trinajstić information content (AvgIpc) is 2.66. The van der Waals surface area contributed by atoms with Gasteiger partial charge in [-0.3, -0.25) is 9.59 Å². The van der Waals surface area contributed by atoms with E-state index < -0.39 is 11.8 Å². The molecule has 0 amide bonds. The highest BCUT2D eigenvalue weighted by Gasteiger charge is 2.16. The zero-order valence-electron chi connectivity index (χ0n) is 14.4. The first-order valence-corrected chi connectivity index (χ1v) is 8.46. The molecule has 0 saturated carbocycles. The van der Waals surface area contributed by atoms with Crippen molar-refractivity contribution in [3.8, 4) is 0 Å². The summed E-state index contributed by atoms with van der Waals surface area (Å²) in [6.45, 7) is 2.13. The Labute approximate surface area is 147 Å². The summed E-state index contributed by atoms with van der Waals surface area (Å²) in [4.78, 5) is 35.5. The Morgan fingerprint density at radius 2 is 1.52 bits per heavy atom. The fraction of sp³-hybridized carbons (Fsp3) is 0.286. The number of carbonyl (C=O) groups is 3. The first kappa shape index (κ1) is 18.6. The number of Topliss-reactive ketones (excluding diaryl/α,β-unsaturated/α-hetero) is 2. The van der Waals surface area contributed by atoms with Gasteiger partial charge < -0.3 is 4.74 Å².